The van der Waals surface area contributed by atoms with Crippen LogP contribution in [0, 0.1) is 56.7 Å². The van der Waals surface area contributed by atoms with Crippen LogP contribution in [0.3, 0.4) is 0 Å². The highest BCUT2D eigenvalue weighted by Gasteiger charge is 2.57. The quantitative estimate of drug-likeness (QED) is 0.792. The maximum atomic E-state index is 9.88. The molecule has 1 aromatic rings. The summed E-state index contributed by atoms with van der Waals surface area (Å²) in [5.74, 6) is -0.662. The monoisotopic (exact) mass is 358 g/mol. The molecule has 3 rings (SSSR count). The number of nitrogens with zero attached hydrogens (tertiary/aromatic N) is 3. The van der Waals surface area contributed by atoms with Gasteiger partial charge >= 0.3 is 0 Å². The van der Waals surface area contributed by atoms with E-state index in [4.69, 9.17) is 5.41 Å². The van der Waals surface area contributed by atoms with Crippen molar-refractivity contribution >= 4 is 5.71 Å². The molecule has 0 aromatic heterocycles. The van der Waals surface area contributed by atoms with Gasteiger partial charge in [0.05, 0.1) is 50.0 Å². The van der Waals surface area contributed by atoms with Crippen LogP contribution in [0.5, 0.6) is 0 Å². The molecule has 0 radical (unpaired) electrons. The first kappa shape index (κ1) is 18.8. The molecule has 1 saturated carbocycles. The molecule has 1 fully saturated rings. The van der Waals surface area contributed by atoms with Crippen LogP contribution in [0.1, 0.15) is 36.8 Å². The van der Waals surface area contributed by atoms with E-state index in [0.29, 0.717) is 11.5 Å². The highest BCUT2D eigenvalue weighted by Crippen LogP contribution is 2.51. The normalized spacial score (nSPS) is 29.1. The van der Waals surface area contributed by atoms with Crippen molar-refractivity contribution in [3.05, 3.63) is 47.0 Å². The molecule has 2 aliphatic rings. The van der Waals surface area contributed by atoms with Crippen molar-refractivity contribution in [3.8, 4) is 18.2 Å². The van der Waals surface area contributed by atoms with E-state index in [2.05, 4.69) is 51.2 Å². The molecule has 4 atom stereocenters. The lowest BCUT2D eigenvalue weighted by molar-refractivity contribution is -0.878. The third-order valence-corrected chi connectivity index (χ3v) is 6.04. The Balaban J connectivity index is 2.17. The Labute approximate surface area is 160 Å². The van der Waals surface area contributed by atoms with Gasteiger partial charge in [0.2, 0.25) is 5.41 Å². The molecule has 136 valence electrons. The molecule has 5 nitrogen and oxygen atoms in total. The summed E-state index contributed by atoms with van der Waals surface area (Å²) in [6.07, 6.45) is 1.95. The standard InChI is InChI=1S/C22H23N5/c1-14(2)15-4-6-16(7-5-15)20-17(10-23)21(26)22(12-24,13-25)19-8-9-27(3)11-18(19)20/h4-8,14,17-18,20,26H,9,11H2,1-3H3/p+1/t17?,18-,20-/m1/s1. The SMILES string of the molecule is CC(C)c1ccc([C@@H]2C(C#N)C(=N)C(C#N)(C#N)C3=CC[NH+](C)C[C@H]32)cc1. The van der Waals surface area contributed by atoms with Crippen LogP contribution < -0.4 is 4.90 Å². The van der Waals surface area contributed by atoms with E-state index in [1.807, 2.05) is 18.2 Å². The second kappa shape index (κ2) is 6.99. The fourth-order valence-electron chi connectivity index (χ4n) is 4.50. The van der Waals surface area contributed by atoms with E-state index < -0.39 is 11.3 Å². The zero-order valence-electron chi connectivity index (χ0n) is 16.0. The third kappa shape index (κ3) is 2.84. The van der Waals surface area contributed by atoms with Gasteiger partial charge in [0.15, 0.2) is 0 Å². The van der Waals surface area contributed by atoms with Gasteiger partial charge in [0, 0.05) is 11.8 Å². The second-order valence-electron chi connectivity index (χ2n) is 7.97. The molecule has 27 heavy (non-hydrogen) atoms. The van der Waals surface area contributed by atoms with Gasteiger partial charge in [0.1, 0.15) is 0 Å². The number of rotatable bonds is 2. The fraction of sp³-hybridized carbons (Fsp3) is 0.455. The Hall–Kier alpha value is -2.94. The molecule has 5 heteroatoms. The number of hydrogen-bond acceptors (Lipinski definition) is 4. The van der Waals surface area contributed by atoms with Crippen LogP contribution >= 0.6 is 0 Å². The van der Waals surface area contributed by atoms with Gasteiger partial charge in [-0.25, -0.2) is 0 Å². The average Bonchev–Trinajstić information content (AvgIpc) is 2.67. The molecular formula is C22H24N5+. The molecule has 1 aliphatic heterocycles. The number of quaternary nitrogens is 1. The molecule has 0 amide bonds. The minimum atomic E-state index is -1.61. The fourth-order valence-corrected chi connectivity index (χ4v) is 4.50. The topological polar surface area (TPSA) is 99.7 Å². The van der Waals surface area contributed by atoms with Gasteiger partial charge in [0.25, 0.3) is 0 Å². The molecule has 1 heterocycles. The molecule has 1 aromatic carbocycles. The van der Waals surface area contributed by atoms with Crippen molar-refractivity contribution < 1.29 is 4.90 Å². The van der Waals surface area contributed by atoms with Crippen LogP contribution in [0.25, 0.3) is 0 Å². The predicted octanol–water partition coefficient (Wildman–Crippen LogP) is 2.17. The Morgan fingerprint density at radius 3 is 2.30 bits per heavy atom. The summed E-state index contributed by atoms with van der Waals surface area (Å²) >= 11 is 0. The number of fused-ring (bicyclic) bond motifs is 1. The summed E-state index contributed by atoms with van der Waals surface area (Å²) in [7, 11) is 2.08. The molecular weight excluding hydrogens is 334 g/mol. The van der Waals surface area contributed by atoms with E-state index in [1.165, 1.54) is 10.5 Å². The van der Waals surface area contributed by atoms with Gasteiger partial charge in [-0.3, -0.25) is 0 Å². The Morgan fingerprint density at radius 1 is 1.15 bits per heavy atom. The van der Waals surface area contributed by atoms with Gasteiger partial charge in [-0.2, -0.15) is 15.8 Å². The van der Waals surface area contributed by atoms with Crippen molar-refractivity contribution in [1.29, 1.82) is 21.2 Å². The molecule has 1 aliphatic carbocycles. The molecule has 2 unspecified atom stereocenters. The van der Waals surface area contributed by atoms with E-state index in [-0.39, 0.29) is 17.5 Å². The van der Waals surface area contributed by atoms with Crippen molar-refractivity contribution in [2.45, 2.75) is 25.7 Å². The van der Waals surface area contributed by atoms with Crippen LogP contribution in [-0.4, -0.2) is 25.8 Å². The van der Waals surface area contributed by atoms with Crippen molar-refractivity contribution in [1.82, 2.24) is 0 Å². The first-order valence-electron chi connectivity index (χ1n) is 9.32. The first-order valence-corrected chi connectivity index (χ1v) is 9.32. The Bertz CT molecular complexity index is 890. The maximum absolute atomic E-state index is 9.88. The minimum absolute atomic E-state index is 0.0741. The number of likely N-dealkylation sites (N-methyl/N-ethyl adjacent to an activating group) is 1. The Morgan fingerprint density at radius 2 is 1.78 bits per heavy atom. The largest absolute Gasteiger partial charge is 0.334 e. The Kier molecular flexibility index (Phi) is 4.88. The molecule has 0 spiro atoms. The second-order valence-corrected chi connectivity index (χ2v) is 7.97. The molecule has 2 N–H and O–H groups in total. The zero-order chi connectivity index (χ0) is 19.8. The summed E-state index contributed by atoms with van der Waals surface area (Å²) in [6, 6.07) is 14.7. The number of nitriles is 3. The number of nitrogens with one attached hydrogen (secondary N) is 2. The number of benzene rings is 1. The van der Waals surface area contributed by atoms with Crippen molar-refractivity contribution in [2.75, 3.05) is 20.1 Å². The lowest BCUT2D eigenvalue weighted by Gasteiger charge is -2.45. The van der Waals surface area contributed by atoms with Gasteiger partial charge in [-0.1, -0.05) is 38.1 Å². The van der Waals surface area contributed by atoms with E-state index in [0.717, 1.165) is 18.7 Å². The average molecular weight is 358 g/mol. The van der Waals surface area contributed by atoms with Crippen LogP contribution in [0.15, 0.2) is 35.9 Å². The van der Waals surface area contributed by atoms with Crippen LogP contribution in [0.2, 0.25) is 0 Å². The van der Waals surface area contributed by atoms with Gasteiger partial charge in [-0.05, 0) is 28.7 Å². The molecule has 0 saturated heterocycles. The maximum Gasteiger partial charge on any atom is 0.203 e. The highest BCUT2D eigenvalue weighted by molar-refractivity contribution is 6.01. The summed E-state index contributed by atoms with van der Waals surface area (Å²) in [4.78, 5) is 1.28. The summed E-state index contributed by atoms with van der Waals surface area (Å²) in [5.41, 5.74) is 1.26. The molecule has 0 bridgehead atoms. The van der Waals surface area contributed by atoms with Crippen molar-refractivity contribution in [2.24, 2.45) is 17.3 Å². The summed E-state index contributed by atoms with van der Waals surface area (Å²) in [6.45, 7) is 5.75. The van der Waals surface area contributed by atoms with Gasteiger partial charge < -0.3 is 10.3 Å². The zero-order valence-corrected chi connectivity index (χ0v) is 16.0. The highest BCUT2D eigenvalue weighted by atomic mass is 15.1. The van der Waals surface area contributed by atoms with Crippen molar-refractivity contribution in [3.63, 3.8) is 0 Å². The van der Waals surface area contributed by atoms with E-state index in [1.54, 1.807) is 0 Å². The number of hydrogen-bond donors (Lipinski definition) is 2. The third-order valence-electron chi connectivity index (χ3n) is 6.04. The first-order chi connectivity index (χ1) is 12.9. The lowest BCUT2D eigenvalue weighted by Crippen LogP contribution is -3.10. The smallest absolute Gasteiger partial charge is 0.203 e. The lowest BCUT2D eigenvalue weighted by atomic mass is 9.55. The predicted molar refractivity (Wildman–Crippen MR) is 102 cm³/mol. The minimum Gasteiger partial charge on any atom is -0.334 e. The van der Waals surface area contributed by atoms with Crippen LogP contribution in [0.4, 0.5) is 0 Å². The van der Waals surface area contributed by atoms with E-state index >= 15 is 0 Å². The summed E-state index contributed by atoms with van der Waals surface area (Å²) < 4.78 is 0. The van der Waals surface area contributed by atoms with Crippen LogP contribution in [-0.2, 0) is 0 Å². The summed E-state index contributed by atoms with van der Waals surface area (Å²) in [5, 5.41) is 38.1. The van der Waals surface area contributed by atoms with E-state index in [9.17, 15) is 15.8 Å². The van der Waals surface area contributed by atoms with Gasteiger partial charge in [-0.15, -0.1) is 0 Å².